The van der Waals surface area contributed by atoms with Crippen molar-refractivity contribution in [1.29, 1.82) is 0 Å². The number of methoxy groups -OCH3 is 1. The summed E-state index contributed by atoms with van der Waals surface area (Å²) in [5.41, 5.74) is 0.673. The van der Waals surface area contributed by atoms with Crippen LogP contribution in [0.2, 0.25) is 0 Å². The van der Waals surface area contributed by atoms with Crippen molar-refractivity contribution in [3.05, 3.63) is 53.7 Å². The summed E-state index contributed by atoms with van der Waals surface area (Å²) in [7, 11) is 1.52. The number of nitrogens with zero attached hydrogens (tertiary/aromatic N) is 1. The molecule has 0 saturated heterocycles. The van der Waals surface area contributed by atoms with Gasteiger partial charge in [0.1, 0.15) is 11.6 Å². The van der Waals surface area contributed by atoms with E-state index in [4.69, 9.17) is 4.74 Å². The maximum absolute atomic E-state index is 13.4. The van der Waals surface area contributed by atoms with Crippen LogP contribution in [0, 0.1) is 11.6 Å². The highest BCUT2D eigenvalue weighted by molar-refractivity contribution is 5.42. The Labute approximate surface area is 103 Å². The van der Waals surface area contributed by atoms with Crippen molar-refractivity contribution in [2.45, 2.75) is 6.54 Å². The first-order chi connectivity index (χ1) is 8.70. The lowest BCUT2D eigenvalue weighted by molar-refractivity contribution is 0.398. The van der Waals surface area contributed by atoms with Crippen molar-refractivity contribution in [3.8, 4) is 5.88 Å². The standard InChI is InChI=1S/C13H12F2N2O/c1-18-13-6-5-9(7-17-13)16-8-10-11(14)3-2-4-12(10)15/h2-7,16H,8H2,1H3. The number of aromatic nitrogens is 1. The van der Waals surface area contributed by atoms with Crippen LogP contribution in [0.1, 0.15) is 5.56 Å². The maximum Gasteiger partial charge on any atom is 0.213 e. The minimum Gasteiger partial charge on any atom is -0.481 e. The monoisotopic (exact) mass is 250 g/mol. The molecule has 0 bridgehead atoms. The summed E-state index contributed by atoms with van der Waals surface area (Å²) in [5, 5.41) is 2.90. The number of pyridine rings is 1. The second kappa shape index (κ2) is 5.44. The Balaban J connectivity index is 2.06. The van der Waals surface area contributed by atoms with E-state index in [-0.39, 0.29) is 12.1 Å². The largest absolute Gasteiger partial charge is 0.481 e. The summed E-state index contributed by atoms with van der Waals surface area (Å²) in [4.78, 5) is 3.98. The minimum absolute atomic E-state index is 0.00770. The van der Waals surface area contributed by atoms with Crippen LogP contribution in [-0.2, 0) is 6.54 Å². The van der Waals surface area contributed by atoms with Gasteiger partial charge >= 0.3 is 0 Å². The second-order valence-corrected chi connectivity index (χ2v) is 3.64. The fourth-order valence-corrected chi connectivity index (χ4v) is 1.50. The van der Waals surface area contributed by atoms with Gasteiger partial charge in [0, 0.05) is 18.2 Å². The summed E-state index contributed by atoms with van der Waals surface area (Å²) < 4.78 is 31.6. The van der Waals surface area contributed by atoms with Crippen molar-refractivity contribution < 1.29 is 13.5 Å². The summed E-state index contributed by atoms with van der Waals surface area (Å²) in [6, 6.07) is 7.19. The molecule has 1 heterocycles. The summed E-state index contributed by atoms with van der Waals surface area (Å²) >= 11 is 0. The molecule has 1 aromatic heterocycles. The number of rotatable bonds is 4. The van der Waals surface area contributed by atoms with E-state index in [1.165, 1.54) is 31.5 Å². The Morgan fingerprint density at radius 2 is 1.89 bits per heavy atom. The summed E-state index contributed by atoms with van der Waals surface area (Å²) in [6.07, 6.45) is 1.54. The molecule has 2 rings (SSSR count). The average molecular weight is 250 g/mol. The topological polar surface area (TPSA) is 34.1 Å². The van der Waals surface area contributed by atoms with E-state index in [2.05, 4.69) is 10.3 Å². The van der Waals surface area contributed by atoms with Crippen LogP contribution in [0.15, 0.2) is 36.5 Å². The molecule has 2 aromatic rings. The SMILES string of the molecule is COc1ccc(NCc2c(F)cccc2F)cn1. The van der Waals surface area contributed by atoms with Crippen LogP contribution >= 0.6 is 0 Å². The molecular formula is C13H12F2N2O. The lowest BCUT2D eigenvalue weighted by Crippen LogP contribution is -2.04. The molecule has 3 nitrogen and oxygen atoms in total. The first-order valence-electron chi connectivity index (χ1n) is 5.37. The number of benzene rings is 1. The van der Waals surface area contributed by atoms with Crippen molar-refractivity contribution in [2.75, 3.05) is 12.4 Å². The van der Waals surface area contributed by atoms with E-state index in [1.54, 1.807) is 12.1 Å². The zero-order chi connectivity index (χ0) is 13.0. The molecular weight excluding hydrogens is 238 g/mol. The molecule has 0 aliphatic rings. The van der Waals surface area contributed by atoms with E-state index in [0.717, 1.165) is 0 Å². The van der Waals surface area contributed by atoms with Gasteiger partial charge < -0.3 is 10.1 Å². The quantitative estimate of drug-likeness (QED) is 0.905. The molecule has 1 N–H and O–H groups in total. The van der Waals surface area contributed by atoms with Crippen LogP contribution in [-0.4, -0.2) is 12.1 Å². The second-order valence-electron chi connectivity index (χ2n) is 3.64. The van der Waals surface area contributed by atoms with Gasteiger partial charge in [-0.3, -0.25) is 0 Å². The molecule has 0 radical (unpaired) electrons. The Bertz CT molecular complexity index is 509. The van der Waals surface area contributed by atoms with E-state index in [9.17, 15) is 8.78 Å². The Morgan fingerprint density at radius 1 is 1.17 bits per heavy atom. The predicted octanol–water partition coefficient (Wildman–Crippen LogP) is 2.98. The van der Waals surface area contributed by atoms with Crippen LogP contribution in [0.4, 0.5) is 14.5 Å². The van der Waals surface area contributed by atoms with Gasteiger partial charge in [0.25, 0.3) is 0 Å². The van der Waals surface area contributed by atoms with Gasteiger partial charge in [0.15, 0.2) is 0 Å². The summed E-state index contributed by atoms with van der Waals surface area (Å²) in [6.45, 7) is 0.0620. The van der Waals surface area contributed by atoms with Gasteiger partial charge in [-0.15, -0.1) is 0 Å². The molecule has 0 aliphatic heterocycles. The fourth-order valence-electron chi connectivity index (χ4n) is 1.50. The van der Waals surface area contributed by atoms with E-state index in [1.807, 2.05) is 0 Å². The molecule has 0 atom stereocenters. The molecule has 0 saturated carbocycles. The highest BCUT2D eigenvalue weighted by atomic mass is 19.1. The lowest BCUT2D eigenvalue weighted by Gasteiger charge is -2.08. The number of halogens is 2. The normalized spacial score (nSPS) is 10.2. The minimum atomic E-state index is -0.566. The number of ether oxygens (including phenoxy) is 1. The first kappa shape index (κ1) is 12.3. The van der Waals surface area contributed by atoms with Gasteiger partial charge in [-0.05, 0) is 18.2 Å². The van der Waals surface area contributed by atoms with Crippen molar-refractivity contribution in [1.82, 2.24) is 4.98 Å². The van der Waals surface area contributed by atoms with E-state index in [0.29, 0.717) is 11.6 Å². The third-order valence-corrected chi connectivity index (χ3v) is 2.48. The molecule has 5 heteroatoms. The van der Waals surface area contributed by atoms with E-state index >= 15 is 0 Å². The predicted molar refractivity (Wildman–Crippen MR) is 64.5 cm³/mol. The number of hydrogen-bond donors (Lipinski definition) is 1. The molecule has 0 amide bonds. The van der Waals surface area contributed by atoms with Crippen LogP contribution < -0.4 is 10.1 Å². The average Bonchev–Trinajstić information content (AvgIpc) is 2.39. The highest BCUT2D eigenvalue weighted by Gasteiger charge is 2.07. The Kier molecular flexibility index (Phi) is 3.72. The third kappa shape index (κ3) is 2.74. The Morgan fingerprint density at radius 3 is 2.44 bits per heavy atom. The smallest absolute Gasteiger partial charge is 0.213 e. The summed E-state index contributed by atoms with van der Waals surface area (Å²) in [5.74, 6) is -0.648. The zero-order valence-corrected chi connectivity index (χ0v) is 9.78. The maximum atomic E-state index is 13.4. The van der Waals surface area contributed by atoms with Gasteiger partial charge in [-0.2, -0.15) is 0 Å². The van der Waals surface area contributed by atoms with Crippen molar-refractivity contribution >= 4 is 5.69 Å². The fraction of sp³-hybridized carbons (Fsp3) is 0.154. The van der Waals surface area contributed by atoms with Crippen LogP contribution in [0.3, 0.4) is 0 Å². The zero-order valence-electron chi connectivity index (χ0n) is 9.78. The molecule has 0 aliphatic carbocycles. The molecule has 0 fully saturated rings. The molecule has 94 valence electrons. The molecule has 1 aromatic carbocycles. The number of hydrogen-bond acceptors (Lipinski definition) is 3. The molecule has 0 unspecified atom stereocenters. The van der Waals surface area contributed by atoms with E-state index < -0.39 is 11.6 Å². The molecule has 0 spiro atoms. The van der Waals surface area contributed by atoms with Crippen LogP contribution in [0.5, 0.6) is 5.88 Å². The van der Waals surface area contributed by atoms with Gasteiger partial charge in [0.2, 0.25) is 5.88 Å². The number of anilines is 1. The Hall–Kier alpha value is -2.17. The van der Waals surface area contributed by atoms with Gasteiger partial charge in [-0.25, -0.2) is 13.8 Å². The van der Waals surface area contributed by atoms with Crippen molar-refractivity contribution in [2.24, 2.45) is 0 Å². The van der Waals surface area contributed by atoms with Gasteiger partial charge in [-0.1, -0.05) is 6.07 Å². The molecule has 18 heavy (non-hydrogen) atoms. The first-order valence-corrected chi connectivity index (χ1v) is 5.37. The van der Waals surface area contributed by atoms with Crippen molar-refractivity contribution in [3.63, 3.8) is 0 Å². The highest BCUT2D eigenvalue weighted by Crippen LogP contribution is 2.16. The third-order valence-electron chi connectivity index (χ3n) is 2.48. The lowest BCUT2D eigenvalue weighted by atomic mass is 10.2. The number of nitrogens with one attached hydrogen (secondary N) is 1. The van der Waals surface area contributed by atoms with Gasteiger partial charge in [0.05, 0.1) is 19.0 Å². The van der Waals surface area contributed by atoms with Crippen LogP contribution in [0.25, 0.3) is 0 Å².